The summed E-state index contributed by atoms with van der Waals surface area (Å²) in [4.78, 5) is 25.3. The predicted octanol–water partition coefficient (Wildman–Crippen LogP) is 1.95. The van der Waals surface area contributed by atoms with Crippen LogP contribution in [0.1, 0.15) is 34.8 Å². The molecule has 0 unspecified atom stereocenters. The molecule has 1 aromatic carbocycles. The molecule has 2 aliphatic heterocycles. The summed E-state index contributed by atoms with van der Waals surface area (Å²) in [7, 11) is 0. The smallest absolute Gasteiger partial charge is 0.362 e. The molecule has 0 spiro atoms. The molecule has 2 fully saturated rings. The van der Waals surface area contributed by atoms with Gasteiger partial charge in [0.2, 0.25) is 0 Å². The molecule has 5 rings (SSSR count). The second-order valence-corrected chi connectivity index (χ2v) is 8.39. The van der Waals surface area contributed by atoms with Gasteiger partial charge in [0, 0.05) is 38.4 Å². The first-order valence-corrected chi connectivity index (χ1v) is 11.4. The number of anilines is 1. The Bertz CT molecular complexity index is 1170. The van der Waals surface area contributed by atoms with Crippen LogP contribution in [0.3, 0.4) is 0 Å². The van der Waals surface area contributed by atoms with Crippen molar-refractivity contribution in [1.29, 1.82) is 0 Å². The maximum atomic E-state index is 14.5. The molecule has 3 aromatic rings. The van der Waals surface area contributed by atoms with Crippen molar-refractivity contribution >= 4 is 17.4 Å². The van der Waals surface area contributed by atoms with E-state index in [2.05, 4.69) is 24.7 Å². The zero-order valence-electron chi connectivity index (χ0n) is 18.7. The Morgan fingerprint density at radius 3 is 2.91 bits per heavy atom. The Morgan fingerprint density at radius 1 is 1.24 bits per heavy atom. The highest BCUT2D eigenvalue weighted by molar-refractivity contribution is 5.95. The summed E-state index contributed by atoms with van der Waals surface area (Å²) in [6.45, 7) is 5.24. The Balaban J connectivity index is 1.34. The van der Waals surface area contributed by atoms with Crippen LogP contribution < -0.4 is 15.5 Å². The molecule has 0 bridgehead atoms. The molecule has 34 heavy (non-hydrogen) atoms. The highest BCUT2D eigenvalue weighted by Crippen LogP contribution is 2.37. The lowest BCUT2D eigenvalue weighted by Crippen LogP contribution is -2.38. The molecule has 0 amide bonds. The minimum Gasteiger partial charge on any atom is -0.492 e. The average Bonchev–Trinajstić information content (AvgIpc) is 3.51. The second-order valence-electron chi connectivity index (χ2n) is 8.39. The molecule has 1 atom stereocenters. The van der Waals surface area contributed by atoms with Crippen LogP contribution in [0.4, 0.5) is 10.2 Å². The summed E-state index contributed by atoms with van der Waals surface area (Å²) >= 11 is 0. The number of hydrogen-bond acceptors (Lipinski definition) is 9. The van der Waals surface area contributed by atoms with E-state index in [9.17, 15) is 9.18 Å². The summed E-state index contributed by atoms with van der Waals surface area (Å²) in [5, 5.41) is 4.12. The lowest BCUT2D eigenvalue weighted by molar-refractivity contribution is 0.0322. The van der Waals surface area contributed by atoms with Gasteiger partial charge in [0.1, 0.15) is 29.6 Å². The van der Waals surface area contributed by atoms with Crippen LogP contribution in [0, 0.1) is 5.82 Å². The number of nitrogens with zero attached hydrogens (tertiary/aromatic N) is 5. The Kier molecular flexibility index (Phi) is 6.57. The number of morpholine rings is 1. The maximum Gasteiger partial charge on any atom is 0.362 e. The van der Waals surface area contributed by atoms with E-state index >= 15 is 0 Å². The Hall–Kier alpha value is -3.28. The molecule has 0 radical (unpaired) electrons. The fourth-order valence-corrected chi connectivity index (χ4v) is 4.59. The predicted molar refractivity (Wildman–Crippen MR) is 121 cm³/mol. The van der Waals surface area contributed by atoms with Gasteiger partial charge < -0.3 is 19.2 Å². The normalized spacial score (nSPS) is 19.0. The summed E-state index contributed by atoms with van der Waals surface area (Å²) in [5.41, 5.74) is 1.36. The third-order valence-corrected chi connectivity index (χ3v) is 6.29. The molecule has 4 heterocycles. The van der Waals surface area contributed by atoms with Crippen molar-refractivity contribution in [2.45, 2.75) is 18.9 Å². The zero-order chi connectivity index (χ0) is 23.5. The average molecular weight is 471 g/mol. The summed E-state index contributed by atoms with van der Waals surface area (Å²) in [5.74, 6) is 5.18. The highest BCUT2D eigenvalue weighted by Gasteiger charge is 2.29. The quantitative estimate of drug-likeness (QED) is 0.519. The monoisotopic (exact) mass is 470 g/mol. The van der Waals surface area contributed by atoms with Crippen LogP contribution in [0.2, 0.25) is 0 Å². The van der Waals surface area contributed by atoms with E-state index in [1.54, 1.807) is 12.3 Å². The van der Waals surface area contributed by atoms with Crippen LogP contribution in [0.25, 0.3) is 5.65 Å². The number of aromatic nitrogens is 3. The van der Waals surface area contributed by atoms with Crippen LogP contribution in [-0.2, 0) is 9.57 Å². The van der Waals surface area contributed by atoms with E-state index < -0.39 is 5.97 Å². The second kappa shape index (κ2) is 9.92. The summed E-state index contributed by atoms with van der Waals surface area (Å²) in [6, 6.07) is 6.63. The first-order valence-electron chi connectivity index (χ1n) is 11.4. The number of carbonyl (C=O) groups is 1. The molecule has 11 heteroatoms. The molecule has 2 N–H and O–H groups in total. The van der Waals surface area contributed by atoms with Gasteiger partial charge in [0.15, 0.2) is 5.65 Å². The minimum absolute atomic E-state index is 0.0694. The van der Waals surface area contributed by atoms with Gasteiger partial charge >= 0.3 is 5.97 Å². The summed E-state index contributed by atoms with van der Waals surface area (Å²) < 4.78 is 27.3. The zero-order valence-corrected chi connectivity index (χ0v) is 18.7. The van der Waals surface area contributed by atoms with Gasteiger partial charge in [-0.05, 0) is 36.6 Å². The van der Waals surface area contributed by atoms with Crippen molar-refractivity contribution in [1.82, 2.24) is 19.5 Å². The van der Waals surface area contributed by atoms with Crippen molar-refractivity contribution in [3.05, 3.63) is 53.6 Å². The van der Waals surface area contributed by atoms with Crippen LogP contribution in [0.5, 0.6) is 5.75 Å². The number of nitrogens with two attached hydrogens (primary N) is 1. The number of fused-ring (bicyclic) bond motifs is 1. The molecule has 2 saturated heterocycles. The Morgan fingerprint density at radius 2 is 2.09 bits per heavy atom. The molecule has 10 nitrogen and oxygen atoms in total. The SMILES string of the molecule is NOC(=O)c1cnn2ccc(N3CCC[C@@H]3c3cc(F)cc(OCCN4CCOCC4)c3)nc12. The molecule has 2 aliphatic rings. The lowest BCUT2D eigenvalue weighted by Gasteiger charge is -2.27. The number of hydrogen-bond donors (Lipinski definition) is 1. The first kappa shape index (κ1) is 22.5. The molecule has 2 aromatic heterocycles. The van der Waals surface area contributed by atoms with Gasteiger partial charge in [-0.15, -0.1) is 0 Å². The van der Waals surface area contributed by atoms with E-state index in [-0.39, 0.29) is 17.4 Å². The molecule has 180 valence electrons. The van der Waals surface area contributed by atoms with Gasteiger partial charge in [0.05, 0.1) is 25.5 Å². The van der Waals surface area contributed by atoms with Crippen molar-refractivity contribution in [2.75, 3.05) is 50.9 Å². The molecular weight excluding hydrogens is 443 g/mol. The fourth-order valence-electron chi connectivity index (χ4n) is 4.59. The van der Waals surface area contributed by atoms with Gasteiger partial charge in [-0.25, -0.2) is 18.7 Å². The molecular formula is C23H27FN6O4. The van der Waals surface area contributed by atoms with E-state index in [0.717, 1.165) is 57.8 Å². The van der Waals surface area contributed by atoms with Gasteiger partial charge in [0.25, 0.3) is 0 Å². The van der Waals surface area contributed by atoms with Crippen LogP contribution >= 0.6 is 0 Å². The number of benzene rings is 1. The standard InChI is InChI=1S/C23H27FN6O4/c24-17-12-16(13-18(14-17)33-11-8-28-6-9-32-10-7-28)20-2-1-4-29(20)21-3-5-30-22(27-21)19(15-26-30)23(31)34-25/h3,5,12-15,20H,1-2,4,6-11,25H2/t20-/m1/s1. The topological polar surface area (TPSA) is 107 Å². The van der Waals surface area contributed by atoms with E-state index in [1.807, 2.05) is 12.1 Å². The van der Waals surface area contributed by atoms with Gasteiger partial charge in [-0.1, -0.05) is 0 Å². The van der Waals surface area contributed by atoms with Gasteiger partial charge in [-0.3, -0.25) is 4.90 Å². The van der Waals surface area contributed by atoms with E-state index in [1.165, 1.54) is 16.8 Å². The maximum absolute atomic E-state index is 14.5. The number of halogens is 1. The number of carbonyl (C=O) groups excluding carboxylic acids is 1. The molecule has 0 saturated carbocycles. The fraction of sp³-hybridized carbons (Fsp3) is 0.435. The van der Waals surface area contributed by atoms with Crippen molar-refractivity contribution in [2.24, 2.45) is 5.90 Å². The van der Waals surface area contributed by atoms with Crippen molar-refractivity contribution in [3.63, 3.8) is 0 Å². The van der Waals surface area contributed by atoms with Crippen LogP contribution in [0.15, 0.2) is 36.7 Å². The third kappa shape index (κ3) is 4.67. The van der Waals surface area contributed by atoms with Crippen molar-refractivity contribution in [3.8, 4) is 5.75 Å². The lowest BCUT2D eigenvalue weighted by atomic mass is 10.0. The number of ether oxygens (including phenoxy) is 2. The largest absolute Gasteiger partial charge is 0.492 e. The number of rotatable bonds is 7. The van der Waals surface area contributed by atoms with Crippen LogP contribution in [-0.4, -0.2) is 71.5 Å². The van der Waals surface area contributed by atoms with E-state index in [4.69, 9.17) is 15.4 Å². The highest BCUT2D eigenvalue weighted by atomic mass is 19.1. The molecule has 0 aliphatic carbocycles. The van der Waals surface area contributed by atoms with E-state index in [0.29, 0.717) is 23.8 Å². The third-order valence-electron chi connectivity index (χ3n) is 6.29. The summed E-state index contributed by atoms with van der Waals surface area (Å²) in [6.07, 6.45) is 4.88. The van der Waals surface area contributed by atoms with Gasteiger partial charge in [-0.2, -0.15) is 11.0 Å². The van der Waals surface area contributed by atoms with Crippen molar-refractivity contribution < 1.29 is 23.5 Å². The Labute approximate surface area is 195 Å². The first-order chi connectivity index (χ1) is 16.6. The minimum atomic E-state index is -0.707.